The van der Waals surface area contributed by atoms with Crippen LogP contribution in [0.25, 0.3) is 11.3 Å². The van der Waals surface area contributed by atoms with Crippen molar-refractivity contribution in [3.05, 3.63) is 80.6 Å². The average molecular weight is 402 g/mol. The van der Waals surface area contributed by atoms with Crippen LogP contribution in [-0.4, -0.2) is 15.7 Å². The zero-order valence-corrected chi connectivity index (χ0v) is 17.8. The Morgan fingerprint density at radius 2 is 1.60 bits per heavy atom. The van der Waals surface area contributed by atoms with E-state index >= 15 is 0 Å². The van der Waals surface area contributed by atoms with E-state index in [0.717, 1.165) is 64.9 Å². The standard InChI is InChI=1S/C25H27N3O2/c1-16-11-13-19(14-12-16)24-20-9-4-5-10-21(20)25(30)28(27-24)15-22(29)26-23-17(2)7-6-8-18(23)3/h6-8,11-14H,4-5,9-10,15H2,1-3H3,(H,26,29). The smallest absolute Gasteiger partial charge is 0.270 e. The number of aromatic nitrogens is 2. The highest BCUT2D eigenvalue weighted by molar-refractivity contribution is 5.92. The molecule has 3 aromatic rings. The van der Waals surface area contributed by atoms with Crippen molar-refractivity contribution in [2.75, 3.05) is 5.32 Å². The number of carbonyl (C=O) groups excluding carboxylic acids is 1. The van der Waals surface area contributed by atoms with Crippen LogP contribution in [0.3, 0.4) is 0 Å². The minimum atomic E-state index is -0.243. The Morgan fingerprint density at radius 1 is 0.967 bits per heavy atom. The molecule has 0 fully saturated rings. The van der Waals surface area contributed by atoms with Gasteiger partial charge in [-0.25, -0.2) is 4.68 Å². The number of hydrogen-bond donors (Lipinski definition) is 1. The summed E-state index contributed by atoms with van der Waals surface area (Å²) in [5.74, 6) is -0.243. The largest absolute Gasteiger partial charge is 0.324 e. The molecular formula is C25H27N3O2. The molecule has 5 heteroatoms. The predicted molar refractivity (Wildman–Crippen MR) is 120 cm³/mol. The van der Waals surface area contributed by atoms with Crippen molar-refractivity contribution in [3.63, 3.8) is 0 Å². The van der Waals surface area contributed by atoms with Gasteiger partial charge in [-0.2, -0.15) is 5.10 Å². The molecule has 5 nitrogen and oxygen atoms in total. The summed E-state index contributed by atoms with van der Waals surface area (Å²) in [5, 5.41) is 7.62. The molecule has 1 heterocycles. The van der Waals surface area contributed by atoms with Crippen molar-refractivity contribution < 1.29 is 4.79 Å². The number of fused-ring (bicyclic) bond motifs is 1. The van der Waals surface area contributed by atoms with Crippen LogP contribution in [0.4, 0.5) is 5.69 Å². The van der Waals surface area contributed by atoms with E-state index in [0.29, 0.717) is 0 Å². The highest BCUT2D eigenvalue weighted by Crippen LogP contribution is 2.28. The first kappa shape index (κ1) is 20.1. The van der Waals surface area contributed by atoms with E-state index < -0.39 is 0 Å². The normalized spacial score (nSPS) is 13.0. The van der Waals surface area contributed by atoms with Crippen LogP contribution < -0.4 is 10.9 Å². The van der Waals surface area contributed by atoms with Crippen molar-refractivity contribution in [2.45, 2.75) is 53.0 Å². The SMILES string of the molecule is Cc1ccc(-c2nn(CC(=O)Nc3c(C)cccc3C)c(=O)c3c2CCCC3)cc1. The number of rotatable bonds is 4. The molecular weight excluding hydrogens is 374 g/mol. The Kier molecular flexibility index (Phi) is 5.53. The van der Waals surface area contributed by atoms with Gasteiger partial charge < -0.3 is 5.32 Å². The number of nitrogens with zero attached hydrogens (tertiary/aromatic N) is 2. The summed E-state index contributed by atoms with van der Waals surface area (Å²) in [5.41, 5.74) is 7.49. The average Bonchev–Trinajstić information content (AvgIpc) is 2.74. The summed E-state index contributed by atoms with van der Waals surface area (Å²) >= 11 is 0. The molecule has 0 radical (unpaired) electrons. The summed E-state index contributed by atoms with van der Waals surface area (Å²) in [6, 6.07) is 14.1. The number of nitrogens with one attached hydrogen (secondary N) is 1. The molecule has 4 rings (SSSR count). The lowest BCUT2D eigenvalue weighted by atomic mass is 9.89. The van der Waals surface area contributed by atoms with Crippen LogP contribution in [0.5, 0.6) is 0 Å². The van der Waals surface area contributed by atoms with Crippen molar-refractivity contribution in [2.24, 2.45) is 0 Å². The molecule has 1 aliphatic rings. The third kappa shape index (κ3) is 3.92. The van der Waals surface area contributed by atoms with Crippen LogP contribution in [-0.2, 0) is 24.2 Å². The van der Waals surface area contributed by atoms with Gasteiger partial charge in [0.25, 0.3) is 5.56 Å². The molecule has 1 amide bonds. The van der Waals surface area contributed by atoms with Gasteiger partial charge in [-0.1, -0.05) is 48.0 Å². The summed E-state index contributed by atoms with van der Waals surface area (Å²) in [6.07, 6.45) is 3.66. The number of hydrogen-bond acceptors (Lipinski definition) is 3. The lowest BCUT2D eigenvalue weighted by Gasteiger charge is -2.20. The highest BCUT2D eigenvalue weighted by atomic mass is 16.2. The fraction of sp³-hybridized carbons (Fsp3) is 0.320. The third-order valence-corrected chi connectivity index (χ3v) is 5.83. The second-order valence-corrected chi connectivity index (χ2v) is 8.16. The first-order valence-electron chi connectivity index (χ1n) is 10.5. The minimum absolute atomic E-state index is 0.0985. The van der Waals surface area contributed by atoms with E-state index in [9.17, 15) is 9.59 Å². The van der Waals surface area contributed by atoms with Crippen molar-refractivity contribution in [1.29, 1.82) is 0 Å². The molecule has 0 spiro atoms. The Balaban J connectivity index is 1.71. The van der Waals surface area contributed by atoms with Gasteiger partial charge >= 0.3 is 0 Å². The topological polar surface area (TPSA) is 64.0 Å². The summed E-state index contributed by atoms with van der Waals surface area (Å²) < 4.78 is 1.34. The van der Waals surface area contributed by atoms with Crippen LogP contribution >= 0.6 is 0 Å². The molecule has 0 saturated heterocycles. The van der Waals surface area contributed by atoms with Gasteiger partial charge in [-0.15, -0.1) is 0 Å². The van der Waals surface area contributed by atoms with E-state index in [1.807, 2.05) is 51.1 Å². The van der Waals surface area contributed by atoms with Gasteiger partial charge in [0.1, 0.15) is 6.54 Å². The van der Waals surface area contributed by atoms with Crippen LogP contribution in [0.15, 0.2) is 47.3 Å². The summed E-state index contributed by atoms with van der Waals surface area (Å²) in [4.78, 5) is 25.9. The number of aryl methyl sites for hydroxylation is 3. The fourth-order valence-corrected chi connectivity index (χ4v) is 4.16. The number of carbonyl (C=O) groups is 1. The Hall–Kier alpha value is -3.21. The van der Waals surface area contributed by atoms with E-state index in [1.165, 1.54) is 10.2 Å². The van der Waals surface area contributed by atoms with E-state index in [4.69, 9.17) is 0 Å². The Morgan fingerprint density at radius 3 is 2.27 bits per heavy atom. The second kappa shape index (κ2) is 8.27. The lowest BCUT2D eigenvalue weighted by Crippen LogP contribution is -2.34. The number of benzene rings is 2. The monoisotopic (exact) mass is 401 g/mol. The van der Waals surface area contributed by atoms with E-state index in [-0.39, 0.29) is 18.0 Å². The molecule has 2 aromatic carbocycles. The van der Waals surface area contributed by atoms with E-state index in [2.05, 4.69) is 22.5 Å². The molecule has 0 saturated carbocycles. The van der Waals surface area contributed by atoms with Crippen molar-refractivity contribution in [1.82, 2.24) is 9.78 Å². The first-order chi connectivity index (χ1) is 14.4. The Bertz CT molecular complexity index is 1140. The van der Waals surface area contributed by atoms with Gasteiger partial charge in [-0.3, -0.25) is 9.59 Å². The third-order valence-electron chi connectivity index (χ3n) is 5.83. The maximum absolute atomic E-state index is 13.1. The maximum atomic E-state index is 13.1. The summed E-state index contributed by atoms with van der Waals surface area (Å²) in [7, 11) is 0. The van der Waals surface area contributed by atoms with Crippen LogP contribution in [0, 0.1) is 20.8 Å². The molecule has 0 atom stereocenters. The van der Waals surface area contributed by atoms with Crippen LogP contribution in [0.1, 0.15) is 40.7 Å². The lowest BCUT2D eigenvalue weighted by molar-refractivity contribution is -0.117. The number of amides is 1. The zero-order chi connectivity index (χ0) is 21.3. The summed E-state index contributed by atoms with van der Waals surface area (Å²) in [6.45, 7) is 5.87. The number of para-hydroxylation sites is 1. The molecule has 0 unspecified atom stereocenters. The minimum Gasteiger partial charge on any atom is -0.324 e. The quantitative estimate of drug-likeness (QED) is 0.707. The van der Waals surface area contributed by atoms with Gasteiger partial charge in [0.15, 0.2) is 0 Å². The van der Waals surface area contributed by atoms with Gasteiger partial charge in [-0.05, 0) is 63.1 Å². The van der Waals surface area contributed by atoms with Crippen LogP contribution in [0.2, 0.25) is 0 Å². The first-order valence-corrected chi connectivity index (χ1v) is 10.5. The Labute approximate surface area is 176 Å². The number of anilines is 1. The molecule has 154 valence electrons. The van der Waals surface area contributed by atoms with Gasteiger partial charge in [0.2, 0.25) is 5.91 Å². The zero-order valence-electron chi connectivity index (χ0n) is 17.8. The molecule has 1 N–H and O–H groups in total. The van der Waals surface area contributed by atoms with E-state index in [1.54, 1.807) is 0 Å². The molecule has 30 heavy (non-hydrogen) atoms. The van der Waals surface area contributed by atoms with Gasteiger partial charge in [0, 0.05) is 16.8 Å². The maximum Gasteiger partial charge on any atom is 0.270 e. The molecule has 0 aliphatic heterocycles. The fourth-order valence-electron chi connectivity index (χ4n) is 4.16. The highest BCUT2D eigenvalue weighted by Gasteiger charge is 2.22. The van der Waals surface area contributed by atoms with Crippen molar-refractivity contribution in [3.8, 4) is 11.3 Å². The van der Waals surface area contributed by atoms with Crippen molar-refractivity contribution >= 4 is 11.6 Å². The molecule has 1 aromatic heterocycles. The predicted octanol–water partition coefficient (Wildman–Crippen LogP) is 4.35. The molecule has 0 bridgehead atoms. The molecule has 1 aliphatic carbocycles. The van der Waals surface area contributed by atoms with Gasteiger partial charge in [0.05, 0.1) is 5.69 Å². The second-order valence-electron chi connectivity index (χ2n) is 8.16.